The van der Waals surface area contributed by atoms with Crippen LogP contribution in [0.3, 0.4) is 0 Å². The average Bonchev–Trinajstić information content (AvgIpc) is 3.04. The molecule has 2 heterocycles. The molecule has 1 aromatic carbocycles. The first-order valence-corrected chi connectivity index (χ1v) is 7.88. The highest BCUT2D eigenvalue weighted by Gasteiger charge is 2.28. The number of anilines is 1. The van der Waals surface area contributed by atoms with E-state index >= 15 is 0 Å². The molecule has 2 aromatic rings. The number of amides is 2. The second kappa shape index (κ2) is 7.35. The minimum absolute atomic E-state index is 0.113. The average molecular weight is 349 g/mol. The van der Waals surface area contributed by atoms with Gasteiger partial charge < -0.3 is 19.7 Å². The molecule has 1 aliphatic heterocycles. The molecule has 0 saturated carbocycles. The van der Waals surface area contributed by atoms with E-state index in [9.17, 15) is 4.79 Å². The third kappa shape index (κ3) is 4.05. The number of rotatable bonds is 4. The molecular weight excluding hydrogens is 332 g/mol. The van der Waals surface area contributed by atoms with Gasteiger partial charge in [0, 0.05) is 35.8 Å². The van der Waals surface area contributed by atoms with Gasteiger partial charge in [-0.25, -0.2) is 4.79 Å². The van der Waals surface area contributed by atoms with Gasteiger partial charge in [-0.15, -0.1) is 10.2 Å². The molecule has 1 atom stereocenters. The van der Waals surface area contributed by atoms with Gasteiger partial charge in [0.05, 0.1) is 13.7 Å². The van der Waals surface area contributed by atoms with Crippen LogP contribution in [-0.2, 0) is 0 Å². The molecule has 3 rings (SSSR count). The van der Waals surface area contributed by atoms with Gasteiger partial charge in [0.2, 0.25) is 11.8 Å². The van der Waals surface area contributed by atoms with E-state index in [1.54, 1.807) is 41.3 Å². The number of halogens is 1. The first kappa shape index (κ1) is 16.3. The van der Waals surface area contributed by atoms with Crippen molar-refractivity contribution in [2.24, 2.45) is 0 Å². The van der Waals surface area contributed by atoms with E-state index in [1.807, 2.05) is 0 Å². The number of likely N-dealkylation sites (tertiary alicyclic amines) is 1. The molecule has 1 aliphatic rings. The summed E-state index contributed by atoms with van der Waals surface area (Å²) in [5.41, 5.74) is 0.665. The zero-order valence-corrected chi connectivity index (χ0v) is 13.9. The summed E-state index contributed by atoms with van der Waals surface area (Å²) in [7, 11) is 1.53. The quantitative estimate of drug-likeness (QED) is 0.919. The predicted molar refractivity (Wildman–Crippen MR) is 89.7 cm³/mol. The number of carbonyl (C=O) groups excluding carboxylic acids is 1. The largest absolute Gasteiger partial charge is 0.480 e. The Balaban J connectivity index is 1.53. The molecule has 0 bridgehead atoms. The summed E-state index contributed by atoms with van der Waals surface area (Å²) in [6, 6.07) is 10.2. The highest BCUT2D eigenvalue weighted by atomic mass is 35.5. The molecule has 0 radical (unpaired) electrons. The maximum Gasteiger partial charge on any atom is 0.321 e. The van der Waals surface area contributed by atoms with Crippen LogP contribution >= 0.6 is 11.6 Å². The van der Waals surface area contributed by atoms with Crippen molar-refractivity contribution in [3.63, 3.8) is 0 Å². The highest BCUT2D eigenvalue weighted by Crippen LogP contribution is 2.19. The number of methoxy groups -OCH3 is 1. The zero-order chi connectivity index (χ0) is 16.9. The molecular formula is C16H17ClN4O3. The molecule has 0 aliphatic carbocycles. The second-order valence-electron chi connectivity index (χ2n) is 5.33. The number of hydrogen-bond acceptors (Lipinski definition) is 5. The van der Waals surface area contributed by atoms with Crippen molar-refractivity contribution >= 4 is 23.3 Å². The molecule has 1 N–H and O–H groups in total. The molecule has 126 valence electrons. The Kier molecular flexibility index (Phi) is 5.00. The Bertz CT molecular complexity index is 711. The monoisotopic (exact) mass is 348 g/mol. The van der Waals surface area contributed by atoms with E-state index in [1.165, 1.54) is 7.11 Å². The van der Waals surface area contributed by atoms with Crippen LogP contribution in [0.5, 0.6) is 11.8 Å². The second-order valence-corrected chi connectivity index (χ2v) is 5.77. The zero-order valence-electron chi connectivity index (χ0n) is 13.1. The lowest BCUT2D eigenvalue weighted by atomic mass is 10.3. The number of carbonyl (C=O) groups is 1. The summed E-state index contributed by atoms with van der Waals surface area (Å²) in [6.45, 7) is 1.10. The van der Waals surface area contributed by atoms with Crippen molar-refractivity contribution in [3.05, 3.63) is 41.4 Å². The molecule has 1 fully saturated rings. The maximum absolute atomic E-state index is 12.3. The van der Waals surface area contributed by atoms with Crippen LogP contribution in [0.25, 0.3) is 0 Å². The fraction of sp³-hybridized carbons (Fsp3) is 0.312. The van der Waals surface area contributed by atoms with Crippen molar-refractivity contribution in [3.8, 4) is 11.8 Å². The predicted octanol–water partition coefficient (Wildman–Crippen LogP) is 2.82. The Morgan fingerprint density at radius 1 is 1.29 bits per heavy atom. The number of nitrogens with one attached hydrogen (secondary N) is 1. The third-order valence-electron chi connectivity index (χ3n) is 3.62. The summed E-state index contributed by atoms with van der Waals surface area (Å²) in [5, 5.41) is 11.2. The number of urea groups is 1. The Morgan fingerprint density at radius 3 is 2.79 bits per heavy atom. The fourth-order valence-corrected chi connectivity index (χ4v) is 2.62. The topological polar surface area (TPSA) is 76.6 Å². The minimum Gasteiger partial charge on any atom is -0.480 e. The Hall–Kier alpha value is -2.54. The van der Waals surface area contributed by atoms with Gasteiger partial charge in [0.15, 0.2) is 0 Å². The summed E-state index contributed by atoms with van der Waals surface area (Å²) in [5.74, 6) is 0.842. The van der Waals surface area contributed by atoms with Gasteiger partial charge in [-0.1, -0.05) is 17.7 Å². The summed E-state index contributed by atoms with van der Waals surface area (Å²) >= 11 is 5.92. The smallest absolute Gasteiger partial charge is 0.321 e. The van der Waals surface area contributed by atoms with Crippen molar-refractivity contribution in [1.82, 2.24) is 15.1 Å². The number of ether oxygens (including phenoxy) is 2. The number of aromatic nitrogens is 2. The standard InChI is InChI=1S/C16H17ClN4O3/c1-23-14-5-6-15(20-19-14)24-13-7-8-21(10-13)16(22)18-12-4-2-3-11(17)9-12/h2-6,9,13H,7-8,10H2,1H3,(H,18,22). The van der Waals surface area contributed by atoms with Crippen molar-refractivity contribution in [2.45, 2.75) is 12.5 Å². The lowest BCUT2D eigenvalue weighted by Crippen LogP contribution is -2.34. The van der Waals surface area contributed by atoms with Crippen molar-refractivity contribution < 1.29 is 14.3 Å². The fourth-order valence-electron chi connectivity index (χ4n) is 2.43. The van der Waals surface area contributed by atoms with Crippen LogP contribution in [0.15, 0.2) is 36.4 Å². The van der Waals surface area contributed by atoms with E-state index in [0.29, 0.717) is 35.6 Å². The number of benzene rings is 1. The van der Waals surface area contributed by atoms with Crippen LogP contribution in [-0.4, -0.2) is 47.4 Å². The molecule has 1 unspecified atom stereocenters. The van der Waals surface area contributed by atoms with Gasteiger partial charge >= 0.3 is 6.03 Å². The number of nitrogens with zero attached hydrogens (tertiary/aromatic N) is 3. The van der Waals surface area contributed by atoms with Crippen LogP contribution in [0, 0.1) is 0 Å². The van der Waals surface area contributed by atoms with E-state index in [4.69, 9.17) is 21.1 Å². The normalized spacial score (nSPS) is 16.8. The van der Waals surface area contributed by atoms with E-state index in [2.05, 4.69) is 15.5 Å². The van der Waals surface area contributed by atoms with Crippen molar-refractivity contribution in [2.75, 3.05) is 25.5 Å². The molecule has 24 heavy (non-hydrogen) atoms. The van der Waals surface area contributed by atoms with Crippen molar-refractivity contribution in [1.29, 1.82) is 0 Å². The van der Waals surface area contributed by atoms with E-state index < -0.39 is 0 Å². The van der Waals surface area contributed by atoms with E-state index in [-0.39, 0.29) is 12.1 Å². The summed E-state index contributed by atoms with van der Waals surface area (Å²) in [6.07, 6.45) is 0.620. The maximum atomic E-state index is 12.3. The van der Waals surface area contributed by atoms with Crippen LogP contribution in [0.2, 0.25) is 5.02 Å². The lowest BCUT2D eigenvalue weighted by molar-refractivity contribution is 0.188. The Morgan fingerprint density at radius 2 is 2.08 bits per heavy atom. The minimum atomic E-state index is -0.177. The Labute approximate surface area is 144 Å². The highest BCUT2D eigenvalue weighted by molar-refractivity contribution is 6.30. The van der Waals surface area contributed by atoms with Gasteiger partial charge in [-0.2, -0.15) is 0 Å². The summed E-state index contributed by atoms with van der Waals surface area (Å²) < 4.78 is 10.7. The molecule has 8 heteroatoms. The molecule has 0 spiro atoms. The third-order valence-corrected chi connectivity index (χ3v) is 3.86. The number of hydrogen-bond donors (Lipinski definition) is 1. The van der Waals surface area contributed by atoms with Crippen LogP contribution < -0.4 is 14.8 Å². The SMILES string of the molecule is COc1ccc(OC2CCN(C(=O)Nc3cccc(Cl)c3)C2)nn1. The van der Waals surface area contributed by atoms with E-state index in [0.717, 1.165) is 6.42 Å². The summed E-state index contributed by atoms with van der Waals surface area (Å²) in [4.78, 5) is 14.0. The molecule has 1 saturated heterocycles. The van der Waals surface area contributed by atoms with Gasteiger partial charge in [-0.3, -0.25) is 0 Å². The van der Waals surface area contributed by atoms with Crippen LogP contribution in [0.4, 0.5) is 10.5 Å². The first-order chi connectivity index (χ1) is 11.6. The van der Waals surface area contributed by atoms with Gasteiger partial charge in [-0.05, 0) is 18.2 Å². The molecule has 7 nitrogen and oxygen atoms in total. The van der Waals surface area contributed by atoms with Gasteiger partial charge in [0.1, 0.15) is 6.10 Å². The van der Waals surface area contributed by atoms with Crippen LogP contribution in [0.1, 0.15) is 6.42 Å². The molecule has 2 amide bonds. The first-order valence-electron chi connectivity index (χ1n) is 7.50. The molecule has 1 aromatic heterocycles. The lowest BCUT2D eigenvalue weighted by Gasteiger charge is -2.17. The van der Waals surface area contributed by atoms with Gasteiger partial charge in [0.25, 0.3) is 0 Å².